The Labute approximate surface area is 202 Å². The number of allylic oxidation sites excluding steroid dienone is 1. The average molecular weight is 486 g/mol. The van der Waals surface area contributed by atoms with Gasteiger partial charge in [0.25, 0.3) is 5.91 Å². The molecule has 5 atom stereocenters. The second-order valence-corrected chi connectivity index (χ2v) is 10.2. The molecule has 0 saturated heterocycles. The van der Waals surface area contributed by atoms with Gasteiger partial charge in [0.1, 0.15) is 22.8 Å². The predicted molar refractivity (Wildman–Crippen MR) is 126 cm³/mol. The second-order valence-electron chi connectivity index (χ2n) is 10.2. The summed E-state index contributed by atoms with van der Waals surface area (Å²) in [4.78, 5) is 42.5. The monoisotopic (exact) mass is 485 g/mol. The van der Waals surface area contributed by atoms with Gasteiger partial charge >= 0.3 is 0 Å². The highest BCUT2D eigenvalue weighted by molar-refractivity contribution is 6.24. The number of hydrogen-bond acceptors (Lipinski definition) is 9. The molecule has 0 bridgehead atoms. The molecule has 3 aliphatic rings. The molecule has 6 N–H and O–H groups in total. The van der Waals surface area contributed by atoms with Crippen molar-refractivity contribution in [2.45, 2.75) is 37.5 Å². The Hall–Kier alpha value is -3.21. The first-order chi connectivity index (χ1) is 16.2. The number of fused-ring (bicyclic) bond motifs is 3. The minimum atomic E-state index is -2.64. The molecule has 10 nitrogen and oxygen atoms in total. The van der Waals surface area contributed by atoms with Crippen LogP contribution in [0.5, 0.6) is 5.75 Å². The van der Waals surface area contributed by atoms with E-state index >= 15 is 0 Å². The van der Waals surface area contributed by atoms with Gasteiger partial charge in [-0.1, -0.05) is 13.0 Å². The van der Waals surface area contributed by atoms with Gasteiger partial charge in [-0.3, -0.25) is 19.3 Å². The van der Waals surface area contributed by atoms with E-state index in [9.17, 15) is 34.8 Å². The van der Waals surface area contributed by atoms with E-state index in [-0.39, 0.29) is 29.2 Å². The molecule has 1 aromatic carbocycles. The van der Waals surface area contributed by atoms with Gasteiger partial charge in [-0.25, -0.2) is 0 Å². The maximum absolute atomic E-state index is 13.7. The minimum absolute atomic E-state index is 0.0256. The van der Waals surface area contributed by atoms with Crippen LogP contribution in [0.3, 0.4) is 0 Å². The van der Waals surface area contributed by atoms with Crippen molar-refractivity contribution in [2.24, 2.45) is 17.6 Å². The Kier molecular flexibility index (Phi) is 5.82. The molecule has 3 aliphatic carbocycles. The molecule has 0 heterocycles. The molecule has 0 unspecified atom stereocenters. The number of nitrogens with two attached hydrogens (primary N) is 1. The van der Waals surface area contributed by atoms with Crippen molar-refractivity contribution in [1.82, 2.24) is 9.80 Å². The Balaban J connectivity index is 1.99. The molecule has 0 aromatic heterocycles. The van der Waals surface area contributed by atoms with Gasteiger partial charge in [0, 0.05) is 18.0 Å². The van der Waals surface area contributed by atoms with E-state index in [0.717, 1.165) is 5.56 Å². The van der Waals surface area contributed by atoms with Crippen LogP contribution in [0.15, 0.2) is 34.8 Å². The molecule has 35 heavy (non-hydrogen) atoms. The number of aliphatic hydroxyl groups excluding tert-OH is 2. The number of likely N-dealkylation sites (N-methyl/N-ethyl adjacent to an activating group) is 1. The fourth-order valence-corrected chi connectivity index (χ4v) is 6.19. The number of carbonyl (C=O) groups is 3. The lowest BCUT2D eigenvalue weighted by Gasteiger charge is -2.51. The Bertz CT molecular complexity index is 1220. The van der Waals surface area contributed by atoms with Crippen LogP contribution in [0.4, 0.5) is 0 Å². The molecule has 0 fully saturated rings. The number of phenols is 1. The number of carbonyl (C=O) groups excluding carboxylic acids is 3. The molecular formula is C25H31N3O7. The molecule has 0 spiro atoms. The van der Waals surface area contributed by atoms with Gasteiger partial charge in [-0.15, -0.1) is 0 Å². The molecular weight excluding hydrogens is 454 g/mol. The lowest BCUT2D eigenvalue weighted by molar-refractivity contribution is -0.148. The summed E-state index contributed by atoms with van der Waals surface area (Å²) >= 11 is 0. The SMILES string of the molecule is C[C@@H]1c2c(CN(C)C)ccc(O)c2C(=O)C2=C(O)[C@]3(O)C(=O)C(C(N)=O)=C(O)[C@H](N(C)C)[C@@H]3C[C@@H]21. The first kappa shape index (κ1) is 24.9. The number of aliphatic hydroxyl groups is 3. The summed E-state index contributed by atoms with van der Waals surface area (Å²) < 4.78 is 0. The van der Waals surface area contributed by atoms with Gasteiger partial charge in [0.2, 0.25) is 5.78 Å². The first-order valence-electron chi connectivity index (χ1n) is 11.4. The number of amides is 1. The summed E-state index contributed by atoms with van der Waals surface area (Å²) in [5, 5.41) is 44.5. The third-order valence-corrected chi connectivity index (χ3v) is 7.66. The van der Waals surface area contributed by atoms with Gasteiger partial charge in [0.05, 0.1) is 11.6 Å². The summed E-state index contributed by atoms with van der Waals surface area (Å²) in [5.41, 5.74) is 3.25. The second kappa shape index (κ2) is 8.18. The first-order valence-corrected chi connectivity index (χ1v) is 11.4. The van der Waals surface area contributed by atoms with Gasteiger partial charge in [0.15, 0.2) is 11.4 Å². The van der Waals surface area contributed by atoms with E-state index in [0.29, 0.717) is 12.1 Å². The molecule has 10 heteroatoms. The standard InChI is InChI=1S/C25H31N3O7/c1-10-12-8-13-19(28(4)5)21(31)18(24(26)34)23(33)25(13,35)22(32)16(12)20(30)17-14(29)7-6-11(15(10)17)9-27(2)3/h6-7,10,12-13,19,29,31-32,35H,8-9H2,1-5H3,(H2,26,34)/t10-,12+,13-,19+,25-/m0/s1. The van der Waals surface area contributed by atoms with E-state index in [1.807, 2.05) is 25.9 Å². The van der Waals surface area contributed by atoms with E-state index < -0.39 is 58.0 Å². The normalized spacial score (nSPS) is 30.5. The van der Waals surface area contributed by atoms with E-state index in [1.54, 1.807) is 20.2 Å². The zero-order valence-electron chi connectivity index (χ0n) is 20.4. The molecule has 4 rings (SSSR count). The zero-order valence-corrected chi connectivity index (χ0v) is 20.4. The highest BCUT2D eigenvalue weighted by Gasteiger charge is 2.64. The van der Waals surface area contributed by atoms with Crippen LogP contribution in [0, 0.1) is 11.8 Å². The highest BCUT2D eigenvalue weighted by Crippen LogP contribution is 2.55. The third-order valence-electron chi connectivity index (χ3n) is 7.66. The summed E-state index contributed by atoms with van der Waals surface area (Å²) in [6.45, 7) is 2.38. The lowest BCUT2D eigenvalue weighted by Crippen LogP contribution is -2.64. The molecule has 0 saturated carbocycles. The fourth-order valence-electron chi connectivity index (χ4n) is 6.19. The largest absolute Gasteiger partial charge is 0.510 e. The predicted octanol–water partition coefficient (Wildman–Crippen LogP) is 0.743. The number of primary amides is 1. The third kappa shape index (κ3) is 3.31. The smallest absolute Gasteiger partial charge is 0.255 e. The van der Waals surface area contributed by atoms with Crippen molar-refractivity contribution < 1.29 is 34.8 Å². The van der Waals surface area contributed by atoms with Crippen molar-refractivity contribution in [3.63, 3.8) is 0 Å². The van der Waals surface area contributed by atoms with E-state index in [1.165, 1.54) is 11.0 Å². The summed E-state index contributed by atoms with van der Waals surface area (Å²) in [6, 6.07) is 2.16. The molecule has 0 aliphatic heterocycles. The molecule has 1 amide bonds. The molecule has 1 aromatic rings. The number of Topliss-reactive ketones (excluding diaryl/α,β-unsaturated/α-hetero) is 2. The van der Waals surface area contributed by atoms with Crippen LogP contribution in [-0.4, -0.2) is 87.5 Å². The molecule has 188 valence electrons. The van der Waals surface area contributed by atoms with E-state index in [2.05, 4.69) is 0 Å². The topological polar surface area (TPSA) is 165 Å². The number of benzene rings is 1. The van der Waals surface area contributed by atoms with Crippen LogP contribution in [-0.2, 0) is 16.1 Å². The fraction of sp³-hybridized carbons (Fsp3) is 0.480. The lowest BCUT2D eigenvalue weighted by atomic mass is 9.56. The maximum atomic E-state index is 13.7. The number of nitrogens with zero attached hydrogens (tertiary/aromatic N) is 2. The number of hydrogen-bond donors (Lipinski definition) is 5. The van der Waals surface area contributed by atoms with Crippen LogP contribution in [0.2, 0.25) is 0 Å². The quantitative estimate of drug-likeness (QED) is 0.387. The van der Waals surface area contributed by atoms with Gasteiger partial charge < -0.3 is 31.1 Å². The number of phenolic OH excluding ortho intramolecular Hbond substituents is 1. The maximum Gasteiger partial charge on any atom is 0.255 e. The number of rotatable bonds is 4. The van der Waals surface area contributed by atoms with Crippen molar-refractivity contribution >= 4 is 17.5 Å². The Morgan fingerprint density at radius 3 is 2.31 bits per heavy atom. The Morgan fingerprint density at radius 2 is 1.77 bits per heavy atom. The van der Waals surface area contributed by atoms with Crippen LogP contribution >= 0.6 is 0 Å². The van der Waals surface area contributed by atoms with Crippen molar-refractivity contribution in [3.8, 4) is 5.75 Å². The van der Waals surface area contributed by atoms with Gasteiger partial charge in [-0.2, -0.15) is 0 Å². The van der Waals surface area contributed by atoms with Crippen molar-refractivity contribution in [3.05, 3.63) is 51.5 Å². The minimum Gasteiger partial charge on any atom is -0.510 e. The highest BCUT2D eigenvalue weighted by atomic mass is 16.3. The van der Waals surface area contributed by atoms with Gasteiger partial charge in [-0.05, 0) is 63.6 Å². The Morgan fingerprint density at radius 1 is 1.14 bits per heavy atom. The van der Waals surface area contributed by atoms with Crippen LogP contribution in [0.25, 0.3) is 0 Å². The van der Waals surface area contributed by atoms with Crippen molar-refractivity contribution in [2.75, 3.05) is 28.2 Å². The zero-order chi connectivity index (χ0) is 26.1. The summed E-state index contributed by atoms with van der Waals surface area (Å²) in [6.07, 6.45) is 0.0595. The summed E-state index contributed by atoms with van der Waals surface area (Å²) in [7, 11) is 6.97. The van der Waals surface area contributed by atoms with E-state index in [4.69, 9.17) is 5.73 Å². The average Bonchev–Trinajstić information content (AvgIpc) is 2.74. The number of ketones is 2. The van der Waals surface area contributed by atoms with Crippen LogP contribution < -0.4 is 5.73 Å². The molecule has 0 radical (unpaired) electrons. The summed E-state index contributed by atoms with van der Waals surface area (Å²) in [5.74, 6) is -6.90. The van der Waals surface area contributed by atoms with Crippen LogP contribution in [0.1, 0.15) is 40.7 Å². The van der Waals surface area contributed by atoms with Crippen molar-refractivity contribution in [1.29, 1.82) is 0 Å². The number of aromatic hydroxyl groups is 1.